The van der Waals surface area contributed by atoms with Gasteiger partial charge >= 0.3 is 0 Å². The Bertz CT molecular complexity index is 1390. The zero-order valence-electron chi connectivity index (χ0n) is 21.3. The Morgan fingerprint density at radius 2 is 1.89 bits per heavy atom. The van der Waals surface area contributed by atoms with Crippen LogP contribution in [0.3, 0.4) is 0 Å². The molecule has 1 saturated heterocycles. The molecule has 6 heteroatoms. The maximum atomic E-state index is 13.0. The van der Waals surface area contributed by atoms with Crippen molar-refractivity contribution in [2.75, 3.05) is 25.2 Å². The van der Waals surface area contributed by atoms with Crippen LogP contribution in [0.25, 0.3) is 11.0 Å². The number of allylic oxidation sites excluding steroid dienone is 1. The number of aromatic nitrogens is 2. The lowest BCUT2D eigenvalue weighted by molar-refractivity contribution is -0.117. The Kier molecular flexibility index (Phi) is 7.54. The molecule has 190 valence electrons. The maximum Gasteiger partial charge on any atom is 0.227 e. The van der Waals surface area contributed by atoms with Gasteiger partial charge in [-0.2, -0.15) is 0 Å². The first kappa shape index (κ1) is 24.6. The first-order valence-corrected chi connectivity index (χ1v) is 12.9. The predicted molar refractivity (Wildman–Crippen MR) is 148 cm³/mol. The topological polar surface area (TPSA) is 56.6 Å². The lowest BCUT2D eigenvalue weighted by Crippen LogP contribution is -2.24. The van der Waals surface area contributed by atoms with Crippen LogP contribution in [0.5, 0.6) is 11.5 Å². The number of carbonyl (C=O) groups excluding carboxylic acids is 1. The second-order valence-corrected chi connectivity index (χ2v) is 9.37. The molecule has 0 radical (unpaired) electrons. The number of hydrogen-bond acceptors (Lipinski definition) is 4. The number of nitrogens with zero attached hydrogens (tertiary/aromatic N) is 3. The largest absolute Gasteiger partial charge is 0.497 e. The van der Waals surface area contributed by atoms with Gasteiger partial charge in [-0.15, -0.1) is 6.58 Å². The first-order chi connectivity index (χ1) is 18.2. The van der Waals surface area contributed by atoms with Crippen LogP contribution < -0.4 is 14.4 Å². The lowest BCUT2D eigenvalue weighted by atomic mass is 10.1. The molecule has 1 atom stereocenters. The monoisotopic (exact) mass is 495 g/mol. The molecule has 1 aromatic heterocycles. The predicted octanol–water partition coefficient (Wildman–Crippen LogP) is 6.15. The number of carbonyl (C=O) groups is 1. The molecule has 0 spiro atoms. The van der Waals surface area contributed by atoms with Gasteiger partial charge in [0, 0.05) is 37.2 Å². The van der Waals surface area contributed by atoms with E-state index in [9.17, 15) is 4.79 Å². The quantitative estimate of drug-likeness (QED) is 0.185. The van der Waals surface area contributed by atoms with Gasteiger partial charge in [-0.1, -0.05) is 42.5 Å². The van der Waals surface area contributed by atoms with Gasteiger partial charge in [-0.3, -0.25) is 4.79 Å². The van der Waals surface area contributed by atoms with Crippen molar-refractivity contribution in [2.45, 2.75) is 38.1 Å². The van der Waals surface area contributed by atoms with Gasteiger partial charge in [0.25, 0.3) is 0 Å². The van der Waals surface area contributed by atoms with E-state index in [1.165, 1.54) is 0 Å². The molecule has 6 nitrogen and oxygen atoms in total. The number of rotatable bonds is 11. The summed E-state index contributed by atoms with van der Waals surface area (Å²) in [5.41, 5.74) is 4.11. The van der Waals surface area contributed by atoms with Crippen molar-refractivity contribution in [2.24, 2.45) is 0 Å². The van der Waals surface area contributed by atoms with Gasteiger partial charge < -0.3 is 18.9 Å². The van der Waals surface area contributed by atoms with Crippen molar-refractivity contribution in [3.8, 4) is 11.5 Å². The van der Waals surface area contributed by atoms with E-state index < -0.39 is 0 Å². The van der Waals surface area contributed by atoms with E-state index in [0.29, 0.717) is 19.6 Å². The summed E-state index contributed by atoms with van der Waals surface area (Å²) in [7, 11) is 1.64. The highest BCUT2D eigenvalue weighted by Crippen LogP contribution is 2.34. The van der Waals surface area contributed by atoms with Gasteiger partial charge in [0.15, 0.2) is 0 Å². The van der Waals surface area contributed by atoms with Crippen molar-refractivity contribution in [1.82, 2.24) is 9.55 Å². The zero-order valence-corrected chi connectivity index (χ0v) is 21.3. The number of unbranched alkanes of at least 4 members (excludes halogenated alkanes) is 1. The number of hydrogen-bond donors (Lipinski definition) is 0. The minimum absolute atomic E-state index is 0.0353. The molecule has 0 aliphatic carbocycles. The summed E-state index contributed by atoms with van der Waals surface area (Å²) in [4.78, 5) is 19.9. The number of aryl methyl sites for hydroxylation is 1. The number of benzene rings is 3. The van der Waals surface area contributed by atoms with Crippen LogP contribution >= 0.6 is 0 Å². The van der Waals surface area contributed by atoms with E-state index >= 15 is 0 Å². The molecular weight excluding hydrogens is 462 g/mol. The van der Waals surface area contributed by atoms with Crippen LogP contribution in [-0.4, -0.2) is 35.7 Å². The van der Waals surface area contributed by atoms with Crippen LogP contribution in [0.4, 0.5) is 5.69 Å². The number of amides is 1. The Labute approximate surface area is 218 Å². The number of ether oxygens (including phenoxy) is 2. The Balaban J connectivity index is 1.28. The molecule has 1 unspecified atom stereocenters. The minimum Gasteiger partial charge on any atom is -0.497 e. The molecule has 5 rings (SSSR count). The molecule has 0 N–H and O–H groups in total. The summed E-state index contributed by atoms with van der Waals surface area (Å²) in [5, 5.41) is 0. The van der Waals surface area contributed by atoms with Crippen LogP contribution in [-0.2, 0) is 17.8 Å². The van der Waals surface area contributed by atoms with Gasteiger partial charge in [-0.05, 0) is 55.2 Å². The fraction of sp³-hybridized carbons (Fsp3) is 0.290. The Morgan fingerprint density at radius 3 is 2.76 bits per heavy atom. The molecule has 0 bridgehead atoms. The Hall–Kier alpha value is -4.06. The summed E-state index contributed by atoms with van der Waals surface area (Å²) in [6.45, 7) is 5.94. The van der Waals surface area contributed by atoms with E-state index in [2.05, 4.69) is 23.3 Å². The SMILES string of the molecule is C=CCc1ccccc1OCCCCn1c(C2CC(=O)N(c3cccc(OC)c3)C2)nc2ccccc21. The van der Waals surface area contributed by atoms with E-state index in [4.69, 9.17) is 14.5 Å². The smallest absolute Gasteiger partial charge is 0.227 e. The average Bonchev–Trinajstić information content (AvgIpc) is 3.50. The normalized spacial score (nSPS) is 15.3. The molecule has 2 heterocycles. The van der Waals surface area contributed by atoms with Crippen LogP contribution in [0.2, 0.25) is 0 Å². The fourth-order valence-electron chi connectivity index (χ4n) is 5.07. The third-order valence-electron chi connectivity index (χ3n) is 6.91. The Morgan fingerprint density at radius 1 is 1.05 bits per heavy atom. The van der Waals surface area contributed by atoms with E-state index in [0.717, 1.165) is 65.4 Å². The van der Waals surface area contributed by atoms with Gasteiger partial charge in [0.1, 0.15) is 17.3 Å². The van der Waals surface area contributed by atoms with Gasteiger partial charge in [0.05, 0.1) is 24.8 Å². The summed E-state index contributed by atoms with van der Waals surface area (Å²) in [6, 6.07) is 24.0. The summed E-state index contributed by atoms with van der Waals surface area (Å²) in [5.74, 6) is 2.81. The molecule has 1 amide bonds. The molecule has 4 aromatic rings. The average molecular weight is 496 g/mol. The molecule has 1 fully saturated rings. The van der Waals surface area contributed by atoms with Crippen molar-refractivity contribution in [1.29, 1.82) is 0 Å². The van der Waals surface area contributed by atoms with Crippen molar-refractivity contribution in [3.63, 3.8) is 0 Å². The van der Waals surface area contributed by atoms with Gasteiger partial charge in [-0.25, -0.2) is 4.98 Å². The van der Waals surface area contributed by atoms with Crippen molar-refractivity contribution in [3.05, 3.63) is 96.8 Å². The number of anilines is 1. The lowest BCUT2D eigenvalue weighted by Gasteiger charge is -2.18. The standard InChI is InChI=1S/C31H33N3O3/c1-3-11-23-12-4-7-17-29(23)37-19-9-8-18-33-28-16-6-5-15-27(28)32-31(33)24-20-30(35)34(22-24)25-13-10-14-26(21-25)36-2/h3-7,10,12-17,21,24H,1,8-9,11,18-20,22H2,2H3. The second-order valence-electron chi connectivity index (χ2n) is 9.37. The molecule has 0 saturated carbocycles. The molecular formula is C31H33N3O3. The number of imidazole rings is 1. The summed E-state index contributed by atoms with van der Waals surface area (Å²) in [6.07, 6.45) is 5.03. The molecule has 37 heavy (non-hydrogen) atoms. The summed E-state index contributed by atoms with van der Waals surface area (Å²) >= 11 is 0. The summed E-state index contributed by atoms with van der Waals surface area (Å²) < 4.78 is 13.8. The highest BCUT2D eigenvalue weighted by Gasteiger charge is 2.35. The fourth-order valence-corrected chi connectivity index (χ4v) is 5.07. The third-order valence-corrected chi connectivity index (χ3v) is 6.91. The van der Waals surface area contributed by atoms with Crippen LogP contribution in [0.15, 0.2) is 85.5 Å². The van der Waals surface area contributed by atoms with E-state index in [1.807, 2.05) is 71.6 Å². The highest BCUT2D eigenvalue weighted by molar-refractivity contribution is 5.96. The van der Waals surface area contributed by atoms with Crippen molar-refractivity contribution >= 4 is 22.6 Å². The molecule has 1 aliphatic heterocycles. The van der Waals surface area contributed by atoms with E-state index in [-0.39, 0.29) is 11.8 Å². The molecule has 3 aromatic carbocycles. The number of para-hydroxylation sites is 3. The van der Waals surface area contributed by atoms with E-state index in [1.54, 1.807) is 7.11 Å². The first-order valence-electron chi connectivity index (χ1n) is 12.9. The second kappa shape index (κ2) is 11.3. The van der Waals surface area contributed by atoms with Crippen molar-refractivity contribution < 1.29 is 14.3 Å². The van der Waals surface area contributed by atoms with Gasteiger partial charge in [0.2, 0.25) is 5.91 Å². The molecule has 1 aliphatic rings. The highest BCUT2D eigenvalue weighted by atomic mass is 16.5. The third kappa shape index (κ3) is 5.38. The zero-order chi connectivity index (χ0) is 25.6. The maximum absolute atomic E-state index is 13.0. The van der Waals surface area contributed by atoms with Crippen LogP contribution in [0.1, 0.15) is 36.6 Å². The minimum atomic E-state index is 0.0353. The number of fused-ring (bicyclic) bond motifs is 1. The van der Waals surface area contributed by atoms with Crippen LogP contribution in [0, 0.1) is 0 Å². The number of methoxy groups -OCH3 is 1.